The van der Waals surface area contributed by atoms with Crippen LogP contribution in [0.15, 0.2) is 65.5 Å². The van der Waals surface area contributed by atoms with Crippen molar-refractivity contribution >= 4 is 16.8 Å². The van der Waals surface area contributed by atoms with Crippen LogP contribution in [0.1, 0.15) is 28.8 Å². The number of benzene rings is 2. The molecule has 0 spiro atoms. The summed E-state index contributed by atoms with van der Waals surface area (Å²) in [7, 11) is 4.85. The van der Waals surface area contributed by atoms with Crippen LogP contribution in [-0.2, 0) is 11.3 Å². The van der Waals surface area contributed by atoms with Crippen LogP contribution in [0.2, 0.25) is 0 Å². The molecule has 4 aromatic rings. The summed E-state index contributed by atoms with van der Waals surface area (Å²) in [6, 6.07) is 15.3. The van der Waals surface area contributed by atoms with E-state index in [0.717, 1.165) is 46.3 Å². The van der Waals surface area contributed by atoms with Crippen LogP contribution in [0.5, 0.6) is 17.2 Å². The molecule has 37 heavy (non-hydrogen) atoms. The predicted octanol–water partition coefficient (Wildman–Crippen LogP) is 5.34. The Kier molecular flexibility index (Phi) is 7.28. The first-order valence-electron chi connectivity index (χ1n) is 12.2. The van der Waals surface area contributed by atoms with Gasteiger partial charge < -0.3 is 28.3 Å². The summed E-state index contributed by atoms with van der Waals surface area (Å²) < 4.78 is 27.6. The topological polar surface area (TPSA) is 83.3 Å². The molecule has 192 valence electrons. The molecule has 1 amide bonds. The van der Waals surface area contributed by atoms with Crippen molar-refractivity contribution in [3.8, 4) is 28.5 Å². The summed E-state index contributed by atoms with van der Waals surface area (Å²) in [5, 5.41) is 0.882. The molecule has 0 N–H and O–H groups in total. The zero-order valence-electron chi connectivity index (χ0n) is 21.2. The Morgan fingerprint density at radius 3 is 2.59 bits per heavy atom. The Bertz CT molecular complexity index is 1380. The van der Waals surface area contributed by atoms with Crippen LogP contribution >= 0.6 is 0 Å². The number of hydrogen-bond donors (Lipinski definition) is 0. The van der Waals surface area contributed by atoms with Crippen LogP contribution in [0.25, 0.3) is 22.2 Å². The van der Waals surface area contributed by atoms with Gasteiger partial charge >= 0.3 is 0 Å². The van der Waals surface area contributed by atoms with Crippen molar-refractivity contribution in [1.82, 2.24) is 9.88 Å². The molecule has 8 heteroatoms. The highest BCUT2D eigenvalue weighted by molar-refractivity contribution is 5.94. The maximum absolute atomic E-state index is 13.5. The second-order valence-corrected chi connectivity index (χ2v) is 8.96. The maximum atomic E-state index is 13.5. The average molecular weight is 503 g/mol. The number of amides is 1. The number of pyridine rings is 1. The van der Waals surface area contributed by atoms with Gasteiger partial charge in [0.25, 0.3) is 5.91 Å². The van der Waals surface area contributed by atoms with Crippen LogP contribution in [-0.4, -0.2) is 56.4 Å². The predicted molar refractivity (Wildman–Crippen MR) is 139 cm³/mol. The van der Waals surface area contributed by atoms with E-state index in [1.165, 1.54) is 12.5 Å². The number of rotatable bonds is 9. The zero-order valence-corrected chi connectivity index (χ0v) is 21.2. The molecule has 2 aromatic carbocycles. The molecule has 0 radical (unpaired) electrons. The zero-order chi connectivity index (χ0) is 25.8. The second kappa shape index (κ2) is 10.9. The van der Waals surface area contributed by atoms with Crippen LogP contribution in [0.4, 0.5) is 0 Å². The largest absolute Gasteiger partial charge is 0.497 e. The van der Waals surface area contributed by atoms with Gasteiger partial charge in [-0.1, -0.05) is 12.1 Å². The van der Waals surface area contributed by atoms with Crippen molar-refractivity contribution in [2.24, 2.45) is 0 Å². The summed E-state index contributed by atoms with van der Waals surface area (Å²) in [6.45, 7) is 1.53. The normalized spacial score (nSPS) is 15.1. The summed E-state index contributed by atoms with van der Waals surface area (Å²) in [5.41, 5.74) is 3.80. The highest BCUT2D eigenvalue weighted by atomic mass is 16.5. The number of nitrogens with zero attached hydrogens (tertiary/aromatic N) is 2. The fourth-order valence-electron chi connectivity index (χ4n) is 4.71. The minimum Gasteiger partial charge on any atom is -0.497 e. The van der Waals surface area contributed by atoms with Gasteiger partial charge in [-0.05, 0) is 48.7 Å². The van der Waals surface area contributed by atoms with Gasteiger partial charge in [-0.15, -0.1) is 0 Å². The summed E-state index contributed by atoms with van der Waals surface area (Å²) in [6.07, 6.45) is 4.89. The molecular formula is C29H30N2O6. The molecule has 3 heterocycles. The lowest BCUT2D eigenvalue weighted by molar-refractivity contribution is 0.0507. The first-order valence-corrected chi connectivity index (χ1v) is 12.2. The molecule has 8 nitrogen and oxygen atoms in total. The summed E-state index contributed by atoms with van der Waals surface area (Å²) in [5.74, 6) is 1.82. The molecule has 1 aliphatic heterocycles. The quantitative estimate of drug-likeness (QED) is 0.305. The van der Waals surface area contributed by atoms with E-state index in [0.29, 0.717) is 36.8 Å². The molecule has 0 aliphatic carbocycles. The Labute approximate surface area is 215 Å². The van der Waals surface area contributed by atoms with Crippen LogP contribution in [0.3, 0.4) is 0 Å². The van der Waals surface area contributed by atoms with Crippen molar-refractivity contribution in [2.45, 2.75) is 25.5 Å². The SMILES string of the molecule is COc1cccc(-c2nc3cc(OC)c(OC)cc3cc2CN(C[C@H]2CCCO2)C(=O)c2ccoc2)c1. The number of methoxy groups -OCH3 is 3. The van der Waals surface area contributed by atoms with Crippen molar-refractivity contribution in [3.63, 3.8) is 0 Å². The third-order valence-electron chi connectivity index (χ3n) is 6.61. The molecule has 5 rings (SSSR count). The Morgan fingerprint density at radius 2 is 1.89 bits per heavy atom. The minimum absolute atomic E-state index is 0.00566. The molecule has 1 aliphatic rings. The van der Waals surface area contributed by atoms with Crippen molar-refractivity contribution in [2.75, 3.05) is 34.5 Å². The Balaban J connectivity index is 1.62. The fourth-order valence-corrected chi connectivity index (χ4v) is 4.71. The molecule has 0 bridgehead atoms. The lowest BCUT2D eigenvalue weighted by atomic mass is 10.0. The molecule has 0 saturated carbocycles. The summed E-state index contributed by atoms with van der Waals surface area (Å²) in [4.78, 5) is 20.4. The third kappa shape index (κ3) is 5.24. The van der Waals surface area contributed by atoms with Crippen molar-refractivity contribution < 1.29 is 28.2 Å². The lowest BCUT2D eigenvalue weighted by Gasteiger charge is -2.26. The van der Waals surface area contributed by atoms with Gasteiger partial charge in [0.2, 0.25) is 0 Å². The smallest absolute Gasteiger partial charge is 0.257 e. The van der Waals surface area contributed by atoms with Gasteiger partial charge in [-0.2, -0.15) is 0 Å². The van der Waals surface area contributed by atoms with Crippen molar-refractivity contribution in [1.29, 1.82) is 0 Å². The van der Waals surface area contributed by atoms with Gasteiger partial charge in [0.1, 0.15) is 12.0 Å². The van der Waals surface area contributed by atoms with E-state index >= 15 is 0 Å². The molecule has 2 aromatic heterocycles. The van der Waals surface area contributed by atoms with Gasteiger partial charge in [0.15, 0.2) is 11.5 Å². The number of hydrogen-bond acceptors (Lipinski definition) is 7. The van der Waals surface area contributed by atoms with E-state index in [-0.39, 0.29) is 12.0 Å². The molecular weight excluding hydrogens is 472 g/mol. The van der Waals surface area contributed by atoms with Crippen LogP contribution < -0.4 is 14.2 Å². The van der Waals surface area contributed by atoms with E-state index in [2.05, 4.69) is 6.07 Å². The highest BCUT2D eigenvalue weighted by Gasteiger charge is 2.26. The number of carbonyl (C=O) groups excluding carboxylic acids is 1. The molecule has 0 unspecified atom stereocenters. The van der Waals surface area contributed by atoms with Gasteiger partial charge in [0.05, 0.1) is 50.5 Å². The Morgan fingerprint density at radius 1 is 1.05 bits per heavy atom. The molecule has 1 saturated heterocycles. The number of furan rings is 1. The monoisotopic (exact) mass is 502 g/mol. The molecule has 1 fully saturated rings. The van der Waals surface area contributed by atoms with E-state index < -0.39 is 0 Å². The minimum atomic E-state index is -0.117. The number of carbonyl (C=O) groups is 1. The highest BCUT2D eigenvalue weighted by Crippen LogP contribution is 2.35. The van der Waals surface area contributed by atoms with E-state index in [1.54, 1.807) is 27.4 Å². The van der Waals surface area contributed by atoms with Gasteiger partial charge in [-0.3, -0.25) is 4.79 Å². The second-order valence-electron chi connectivity index (χ2n) is 8.96. The van der Waals surface area contributed by atoms with Crippen LogP contribution in [0, 0.1) is 0 Å². The van der Waals surface area contributed by atoms with Crippen molar-refractivity contribution in [3.05, 3.63) is 72.2 Å². The maximum Gasteiger partial charge on any atom is 0.257 e. The lowest BCUT2D eigenvalue weighted by Crippen LogP contribution is -2.37. The third-order valence-corrected chi connectivity index (χ3v) is 6.61. The standard InChI is InChI=1S/C29H30N2O6/c1-33-23-7-4-6-19(13-23)28-22(12-21-14-26(34-2)27(35-3)15-25(21)30-28)16-31(17-24-8-5-10-37-24)29(32)20-9-11-36-18-20/h4,6-7,9,11-15,18,24H,5,8,10,16-17H2,1-3H3/t24-/m1/s1. The van der Waals surface area contributed by atoms with E-state index in [9.17, 15) is 4.79 Å². The average Bonchev–Trinajstić information content (AvgIpc) is 3.66. The first kappa shape index (κ1) is 24.6. The van der Waals surface area contributed by atoms with E-state index in [1.807, 2.05) is 41.3 Å². The number of fused-ring (bicyclic) bond motifs is 1. The number of aromatic nitrogens is 1. The van der Waals surface area contributed by atoms with Gasteiger partial charge in [-0.25, -0.2) is 4.98 Å². The summed E-state index contributed by atoms with van der Waals surface area (Å²) >= 11 is 0. The van der Waals surface area contributed by atoms with E-state index in [4.69, 9.17) is 28.3 Å². The first-order chi connectivity index (χ1) is 18.1. The Hall–Kier alpha value is -4.04. The van der Waals surface area contributed by atoms with Gasteiger partial charge in [0, 0.05) is 36.7 Å². The number of ether oxygens (including phenoxy) is 4. The molecule has 1 atom stereocenters. The fraction of sp³-hybridized carbons (Fsp3) is 0.310.